The molecule has 314 valence electrons. The van der Waals surface area contributed by atoms with Gasteiger partial charge in [-0.3, -0.25) is 24.6 Å². The van der Waals surface area contributed by atoms with Crippen LogP contribution in [-0.4, -0.2) is 123 Å². The fourth-order valence-electron chi connectivity index (χ4n) is 9.47. The van der Waals surface area contributed by atoms with Gasteiger partial charge >= 0.3 is 12.1 Å². The number of carbonyl (C=O) groups excluding carboxylic acids is 3. The minimum absolute atomic E-state index is 0.00113. The SMILES string of the molecule is CC[C@H]1OC(=O)[C@H](Cc2cn[nH]c2)C(=O)[C@H](C)C(O[C@@H]2O[C@H](C)CC(N)C2O)[C@](C)(OC/C=C/c2cnc3ccccc3c2)C[C@@H](C)CN[C@@H]2CN3C(=O)O[C@@]1(C)[C@@H]23. The summed E-state index contributed by atoms with van der Waals surface area (Å²) >= 11 is 0. The Morgan fingerprint density at radius 2 is 1.93 bits per heavy atom. The molecular formula is C43H58N6O9. The molecule has 0 bridgehead atoms. The number of esters is 1. The zero-order valence-electron chi connectivity index (χ0n) is 34.2. The van der Waals surface area contributed by atoms with E-state index in [2.05, 4.69) is 33.5 Å². The van der Waals surface area contributed by atoms with Crippen LogP contribution in [0.1, 0.15) is 71.9 Å². The predicted octanol–water partition coefficient (Wildman–Crippen LogP) is 3.93. The molecule has 3 unspecified atom stereocenters. The van der Waals surface area contributed by atoms with Crippen molar-refractivity contribution in [2.75, 3.05) is 19.7 Å². The van der Waals surface area contributed by atoms with Crippen molar-refractivity contribution in [2.24, 2.45) is 23.5 Å². The Balaban J connectivity index is 1.26. The number of carbonyl (C=O) groups is 3. The number of aromatic nitrogens is 3. The standard InChI is InChI=1S/C43H58N6O9/c1-7-34-43(6)37-33(23-49(37)41(53)58-43)45-19-24(2)18-42(5,54-14-10-11-27-16-29-12-8-9-13-32(29)46-20-27)38(57-40-36(51)31(44)15-25(3)55-40)26(4)35(50)30(39(52)56-34)17-28-21-47-48-22-28/h8-13,16,20-22,24-26,30-31,33-34,36-38,40,45,51H,7,14-15,17-19,23,44H2,1-6H3,(H,47,48)/b11-10+/t24-,25-,26+,30-,31?,33-,34-,36?,37-,38?,40+,42-,43-/m1/s1. The number of aliphatic hydroxyl groups is 1. The molecule has 0 aliphatic carbocycles. The van der Waals surface area contributed by atoms with Crippen molar-refractivity contribution in [1.29, 1.82) is 0 Å². The number of hydrogen-bond acceptors (Lipinski definition) is 13. The lowest BCUT2D eigenvalue weighted by atomic mass is 9.77. The topological polar surface area (TPSA) is 200 Å². The van der Waals surface area contributed by atoms with Crippen LogP contribution < -0.4 is 11.1 Å². The Kier molecular flexibility index (Phi) is 12.4. The highest BCUT2D eigenvalue weighted by Gasteiger charge is 2.64. The molecule has 58 heavy (non-hydrogen) atoms. The highest BCUT2D eigenvalue weighted by Crippen LogP contribution is 2.44. The van der Waals surface area contributed by atoms with Gasteiger partial charge in [0, 0.05) is 42.3 Å². The van der Waals surface area contributed by atoms with Gasteiger partial charge in [-0.1, -0.05) is 51.1 Å². The molecule has 4 aliphatic heterocycles. The van der Waals surface area contributed by atoms with Gasteiger partial charge in [-0.15, -0.1) is 0 Å². The van der Waals surface area contributed by atoms with Gasteiger partial charge in [0.05, 0.1) is 42.2 Å². The van der Waals surface area contributed by atoms with Gasteiger partial charge in [-0.25, -0.2) is 4.79 Å². The smallest absolute Gasteiger partial charge is 0.411 e. The Labute approximate surface area is 339 Å². The summed E-state index contributed by atoms with van der Waals surface area (Å²) in [4.78, 5) is 48.9. The number of aromatic amines is 1. The first kappa shape index (κ1) is 41.9. The first-order valence-electron chi connectivity index (χ1n) is 20.6. The van der Waals surface area contributed by atoms with Crippen molar-refractivity contribution in [2.45, 2.75) is 127 Å². The molecule has 5 N–H and O–H groups in total. The van der Waals surface area contributed by atoms with Crippen LogP contribution >= 0.6 is 0 Å². The second kappa shape index (κ2) is 17.2. The van der Waals surface area contributed by atoms with E-state index in [1.165, 1.54) is 0 Å². The molecule has 0 radical (unpaired) electrons. The Morgan fingerprint density at radius 1 is 1.14 bits per heavy atom. The van der Waals surface area contributed by atoms with Gasteiger partial charge in [-0.2, -0.15) is 5.10 Å². The van der Waals surface area contributed by atoms with E-state index in [0.29, 0.717) is 37.9 Å². The van der Waals surface area contributed by atoms with E-state index < -0.39 is 71.5 Å². The Hall–Kier alpha value is -4.25. The average Bonchev–Trinajstić information content (AvgIpc) is 3.77. The number of nitrogens with zero attached hydrogens (tertiary/aromatic N) is 3. The van der Waals surface area contributed by atoms with Crippen molar-refractivity contribution in [3.63, 3.8) is 0 Å². The molecule has 4 fully saturated rings. The number of benzene rings is 1. The van der Waals surface area contributed by atoms with Crippen LogP contribution in [0.5, 0.6) is 0 Å². The zero-order chi connectivity index (χ0) is 41.4. The summed E-state index contributed by atoms with van der Waals surface area (Å²) in [6.07, 6.45) is 5.02. The van der Waals surface area contributed by atoms with Gasteiger partial charge in [0.15, 0.2) is 17.7 Å². The lowest BCUT2D eigenvalue weighted by Gasteiger charge is -2.49. The molecular weight excluding hydrogens is 745 g/mol. The number of Topliss-reactive ketones (excluding diaryl/α,β-unsaturated/α-hetero) is 1. The zero-order valence-corrected chi connectivity index (χ0v) is 34.2. The summed E-state index contributed by atoms with van der Waals surface area (Å²) in [7, 11) is 0. The third kappa shape index (κ3) is 8.43. The van der Waals surface area contributed by atoms with E-state index in [1.54, 1.807) is 37.3 Å². The van der Waals surface area contributed by atoms with E-state index in [9.17, 15) is 14.7 Å². The quantitative estimate of drug-likeness (QED) is 0.179. The van der Waals surface area contributed by atoms with Gasteiger partial charge in [0.2, 0.25) is 0 Å². The number of fused-ring (bicyclic) bond motifs is 1. The maximum absolute atomic E-state index is 15.1. The van der Waals surface area contributed by atoms with Crippen LogP contribution in [-0.2, 0) is 39.7 Å². The van der Waals surface area contributed by atoms with Crippen LogP contribution in [0.3, 0.4) is 0 Å². The average molecular weight is 803 g/mol. The maximum atomic E-state index is 15.1. The second-order valence-electron chi connectivity index (χ2n) is 17.1. The number of H-pyrrole nitrogens is 1. The van der Waals surface area contributed by atoms with Crippen LogP contribution in [0.25, 0.3) is 17.0 Å². The van der Waals surface area contributed by atoms with E-state index in [4.69, 9.17) is 29.4 Å². The summed E-state index contributed by atoms with van der Waals surface area (Å²) in [5.41, 5.74) is 6.45. The van der Waals surface area contributed by atoms with E-state index >= 15 is 4.79 Å². The number of cyclic esters (lactones) is 1. The molecule has 4 aliphatic rings. The first-order chi connectivity index (χ1) is 27.7. The van der Waals surface area contributed by atoms with Crippen LogP contribution in [0.2, 0.25) is 0 Å². The molecule has 0 saturated carbocycles. The number of aliphatic hydroxyl groups excluding tert-OH is 1. The van der Waals surface area contributed by atoms with Gasteiger partial charge < -0.3 is 39.8 Å². The number of pyridine rings is 1. The lowest BCUT2D eigenvalue weighted by molar-refractivity contribution is -0.290. The van der Waals surface area contributed by atoms with Crippen LogP contribution in [0.4, 0.5) is 4.79 Å². The molecule has 1 aromatic carbocycles. The first-order valence-corrected chi connectivity index (χ1v) is 20.6. The van der Waals surface area contributed by atoms with Crippen LogP contribution in [0, 0.1) is 17.8 Å². The normalized spacial score (nSPS) is 37.5. The van der Waals surface area contributed by atoms with Gasteiger partial charge in [0.25, 0.3) is 0 Å². The number of hydrogen-bond donors (Lipinski definition) is 4. The number of ether oxygens (including phenoxy) is 5. The van der Waals surface area contributed by atoms with Gasteiger partial charge in [0.1, 0.15) is 18.1 Å². The summed E-state index contributed by atoms with van der Waals surface area (Å²) in [5.74, 6) is -3.51. The fourth-order valence-corrected chi connectivity index (χ4v) is 9.47. The molecule has 6 heterocycles. The summed E-state index contributed by atoms with van der Waals surface area (Å²) in [5, 5.41) is 22.8. The number of para-hydroxylation sites is 1. The third-order valence-corrected chi connectivity index (χ3v) is 12.5. The largest absolute Gasteiger partial charge is 0.457 e. The van der Waals surface area contributed by atoms with E-state index in [-0.39, 0.29) is 37.1 Å². The third-order valence-electron chi connectivity index (χ3n) is 12.5. The van der Waals surface area contributed by atoms with Crippen molar-refractivity contribution in [3.8, 4) is 0 Å². The Morgan fingerprint density at radius 3 is 2.69 bits per heavy atom. The number of ketones is 1. The molecule has 15 heteroatoms. The highest BCUT2D eigenvalue weighted by molar-refractivity contribution is 6.00. The highest BCUT2D eigenvalue weighted by atomic mass is 16.7. The summed E-state index contributed by atoms with van der Waals surface area (Å²) < 4.78 is 32.0. The molecule has 0 spiro atoms. The van der Waals surface area contributed by atoms with Crippen molar-refractivity contribution < 1.29 is 43.2 Å². The number of nitrogens with two attached hydrogens (primary N) is 1. The van der Waals surface area contributed by atoms with Crippen molar-refractivity contribution >= 4 is 34.8 Å². The molecule has 13 atom stereocenters. The molecule has 1 amide bonds. The molecule has 4 saturated heterocycles. The summed E-state index contributed by atoms with van der Waals surface area (Å²) in [6.45, 7) is 12.4. The van der Waals surface area contributed by atoms with Gasteiger partial charge in [-0.05, 0) is 82.2 Å². The predicted molar refractivity (Wildman–Crippen MR) is 214 cm³/mol. The van der Waals surface area contributed by atoms with Crippen molar-refractivity contribution in [1.82, 2.24) is 25.4 Å². The maximum Gasteiger partial charge on any atom is 0.411 e. The number of nitrogens with one attached hydrogen (secondary N) is 2. The molecule has 15 nitrogen and oxygen atoms in total. The molecule has 7 rings (SSSR count). The van der Waals surface area contributed by atoms with Crippen molar-refractivity contribution in [3.05, 3.63) is 66.1 Å². The summed E-state index contributed by atoms with van der Waals surface area (Å²) in [6, 6.07) is 8.80. The molecule has 3 aromatic rings. The minimum atomic E-state index is -1.29. The lowest BCUT2D eigenvalue weighted by Crippen LogP contribution is -2.71. The number of rotatable bonds is 9. The fraction of sp³-hybridized carbons (Fsp3) is 0.605. The van der Waals surface area contributed by atoms with E-state index in [1.807, 2.05) is 57.2 Å². The monoisotopic (exact) mass is 802 g/mol. The second-order valence-corrected chi connectivity index (χ2v) is 17.1. The minimum Gasteiger partial charge on any atom is -0.457 e. The van der Waals surface area contributed by atoms with E-state index in [0.717, 1.165) is 16.5 Å². The molecule has 2 aromatic heterocycles. The Bertz CT molecular complexity index is 1960. The van der Waals surface area contributed by atoms with Crippen LogP contribution in [0.15, 0.2) is 55.0 Å². The number of amides is 1.